The van der Waals surface area contributed by atoms with E-state index in [1.807, 2.05) is 62.5 Å². The van der Waals surface area contributed by atoms with Crippen molar-refractivity contribution in [3.8, 4) is 0 Å². The van der Waals surface area contributed by atoms with Crippen LogP contribution in [-0.2, 0) is 11.3 Å². The van der Waals surface area contributed by atoms with E-state index in [-0.39, 0.29) is 11.5 Å². The first-order valence-corrected chi connectivity index (χ1v) is 10.1. The zero-order valence-electron chi connectivity index (χ0n) is 16.9. The number of carbonyl (C=O) groups is 1. The largest absolute Gasteiger partial charge is 0.381 e. The molecule has 3 aromatic rings. The van der Waals surface area contributed by atoms with Crippen LogP contribution in [0.5, 0.6) is 0 Å². The fraction of sp³-hybridized carbons (Fsp3) is 0.333. The summed E-state index contributed by atoms with van der Waals surface area (Å²) in [6, 6.07) is 13.1. The second-order valence-corrected chi connectivity index (χ2v) is 7.80. The van der Waals surface area contributed by atoms with Crippen molar-refractivity contribution in [2.45, 2.75) is 33.2 Å². The van der Waals surface area contributed by atoms with Gasteiger partial charge in [-0.2, -0.15) is 0 Å². The number of hydrogen-bond donors (Lipinski definition) is 1. The smallest absolute Gasteiger partial charge is 0.258 e. The molecule has 4 rings (SSSR count). The van der Waals surface area contributed by atoms with E-state index in [9.17, 15) is 9.59 Å². The molecule has 1 N–H and O–H groups in total. The number of pyridine rings is 1. The molecule has 1 amide bonds. The molecule has 0 spiro atoms. The molecule has 5 heteroatoms. The van der Waals surface area contributed by atoms with Gasteiger partial charge in [-0.3, -0.25) is 9.59 Å². The van der Waals surface area contributed by atoms with E-state index in [0.717, 1.165) is 42.6 Å². The molecule has 150 valence electrons. The molecule has 1 aliphatic rings. The van der Waals surface area contributed by atoms with Crippen LogP contribution in [0.25, 0.3) is 10.8 Å². The molecule has 1 fully saturated rings. The van der Waals surface area contributed by atoms with Gasteiger partial charge in [0.2, 0.25) is 0 Å². The predicted octanol–water partition coefficient (Wildman–Crippen LogP) is 4.30. The van der Waals surface area contributed by atoms with Gasteiger partial charge in [0.1, 0.15) is 0 Å². The summed E-state index contributed by atoms with van der Waals surface area (Å²) in [5, 5.41) is 4.38. The molecule has 0 atom stereocenters. The van der Waals surface area contributed by atoms with E-state index < -0.39 is 0 Å². The number of carbonyl (C=O) groups excluding carboxylic acids is 1. The van der Waals surface area contributed by atoms with Crippen LogP contribution in [0.4, 0.5) is 5.69 Å². The van der Waals surface area contributed by atoms with Crippen molar-refractivity contribution in [3.63, 3.8) is 0 Å². The summed E-state index contributed by atoms with van der Waals surface area (Å²) < 4.78 is 7.20. The fourth-order valence-electron chi connectivity index (χ4n) is 3.96. The number of nitrogens with one attached hydrogen (secondary N) is 1. The molecule has 0 radical (unpaired) electrons. The third kappa shape index (κ3) is 3.96. The number of aromatic nitrogens is 1. The lowest BCUT2D eigenvalue weighted by molar-refractivity contribution is 0.0610. The first-order valence-electron chi connectivity index (χ1n) is 10.1. The van der Waals surface area contributed by atoms with Crippen molar-refractivity contribution in [1.82, 2.24) is 4.57 Å². The maximum absolute atomic E-state index is 13.0. The van der Waals surface area contributed by atoms with E-state index in [1.54, 1.807) is 4.57 Å². The molecule has 2 heterocycles. The molecule has 0 unspecified atom stereocenters. The van der Waals surface area contributed by atoms with Crippen LogP contribution < -0.4 is 10.9 Å². The van der Waals surface area contributed by atoms with Gasteiger partial charge in [0.05, 0.1) is 0 Å². The highest BCUT2D eigenvalue weighted by Gasteiger charge is 2.17. The van der Waals surface area contributed by atoms with Crippen molar-refractivity contribution < 1.29 is 9.53 Å². The minimum Gasteiger partial charge on any atom is -0.381 e. The van der Waals surface area contributed by atoms with Gasteiger partial charge >= 0.3 is 0 Å². The molecule has 0 aliphatic carbocycles. The number of ether oxygens (including phenoxy) is 1. The fourth-order valence-corrected chi connectivity index (χ4v) is 3.96. The predicted molar refractivity (Wildman–Crippen MR) is 116 cm³/mol. The number of fused-ring (bicyclic) bond motifs is 1. The second-order valence-electron chi connectivity index (χ2n) is 7.80. The Bertz CT molecular complexity index is 1110. The molecule has 0 saturated carbocycles. The Labute approximate surface area is 170 Å². The number of amides is 1. The highest BCUT2D eigenvalue weighted by Crippen LogP contribution is 2.23. The van der Waals surface area contributed by atoms with Gasteiger partial charge in [-0.15, -0.1) is 0 Å². The van der Waals surface area contributed by atoms with Gasteiger partial charge < -0.3 is 14.6 Å². The maximum atomic E-state index is 13.0. The minimum atomic E-state index is -0.162. The molecule has 2 aromatic carbocycles. The molecular formula is C24H26N2O3. The zero-order chi connectivity index (χ0) is 20.4. The lowest BCUT2D eigenvalue weighted by Gasteiger charge is -2.23. The Balaban J connectivity index is 1.64. The zero-order valence-corrected chi connectivity index (χ0v) is 16.9. The summed E-state index contributed by atoms with van der Waals surface area (Å²) >= 11 is 0. The number of rotatable bonds is 4. The average Bonchev–Trinajstić information content (AvgIpc) is 2.73. The van der Waals surface area contributed by atoms with E-state index >= 15 is 0 Å². The number of benzene rings is 2. The number of hydrogen-bond acceptors (Lipinski definition) is 3. The standard InChI is InChI=1S/C24H26N2O3/c1-16-5-3-6-19(17(16)2)23(27)25-22-8-4-7-21-20(22)9-12-26(24(21)28)15-18-10-13-29-14-11-18/h3-9,12,18H,10-11,13-15H2,1-2H3,(H,25,27). The Kier molecular flexibility index (Phi) is 5.49. The highest BCUT2D eigenvalue weighted by molar-refractivity contribution is 6.09. The number of anilines is 1. The van der Waals surface area contributed by atoms with Crippen LogP contribution in [0.2, 0.25) is 0 Å². The molecular weight excluding hydrogens is 364 g/mol. The quantitative estimate of drug-likeness (QED) is 0.723. The molecule has 1 aromatic heterocycles. The van der Waals surface area contributed by atoms with Crippen molar-refractivity contribution in [1.29, 1.82) is 0 Å². The SMILES string of the molecule is Cc1cccc(C(=O)Nc2cccc3c(=O)n(CC4CCOCC4)ccc23)c1C. The van der Waals surface area contributed by atoms with E-state index in [2.05, 4.69) is 5.32 Å². The van der Waals surface area contributed by atoms with Crippen LogP contribution in [0, 0.1) is 19.8 Å². The molecule has 29 heavy (non-hydrogen) atoms. The van der Waals surface area contributed by atoms with E-state index in [4.69, 9.17) is 4.74 Å². The summed E-state index contributed by atoms with van der Waals surface area (Å²) in [5.74, 6) is 0.302. The Morgan fingerprint density at radius 2 is 1.83 bits per heavy atom. The topological polar surface area (TPSA) is 60.3 Å². The summed E-state index contributed by atoms with van der Waals surface area (Å²) in [4.78, 5) is 25.9. The van der Waals surface area contributed by atoms with Crippen LogP contribution in [-0.4, -0.2) is 23.7 Å². The van der Waals surface area contributed by atoms with Crippen LogP contribution >= 0.6 is 0 Å². The lowest BCUT2D eigenvalue weighted by atomic mass is 10.00. The Hall–Kier alpha value is -2.92. The summed E-state index contributed by atoms with van der Waals surface area (Å²) in [6.45, 7) is 6.17. The summed E-state index contributed by atoms with van der Waals surface area (Å²) in [7, 11) is 0. The van der Waals surface area contributed by atoms with Crippen molar-refractivity contribution >= 4 is 22.4 Å². The van der Waals surface area contributed by atoms with E-state index in [1.165, 1.54) is 0 Å². The van der Waals surface area contributed by atoms with Gasteiger partial charge in [0, 0.05) is 48.0 Å². The van der Waals surface area contributed by atoms with E-state index in [0.29, 0.717) is 29.1 Å². The lowest BCUT2D eigenvalue weighted by Crippen LogP contribution is -2.27. The third-order valence-electron chi connectivity index (χ3n) is 5.91. The van der Waals surface area contributed by atoms with Gasteiger partial charge in [0.15, 0.2) is 0 Å². The van der Waals surface area contributed by atoms with Crippen molar-refractivity contribution in [2.75, 3.05) is 18.5 Å². The van der Waals surface area contributed by atoms with Gasteiger partial charge in [-0.1, -0.05) is 18.2 Å². The Morgan fingerprint density at radius 1 is 1.07 bits per heavy atom. The molecule has 5 nitrogen and oxygen atoms in total. The monoisotopic (exact) mass is 390 g/mol. The van der Waals surface area contributed by atoms with Gasteiger partial charge in [-0.05, 0) is 68.0 Å². The average molecular weight is 390 g/mol. The van der Waals surface area contributed by atoms with Crippen molar-refractivity contribution in [2.24, 2.45) is 5.92 Å². The first-order chi connectivity index (χ1) is 14.0. The summed E-state index contributed by atoms with van der Waals surface area (Å²) in [6.07, 6.45) is 3.81. The van der Waals surface area contributed by atoms with Crippen LogP contribution in [0.15, 0.2) is 53.5 Å². The minimum absolute atomic E-state index is 0.0168. The molecule has 1 saturated heterocycles. The molecule has 1 aliphatic heterocycles. The number of nitrogens with zero attached hydrogens (tertiary/aromatic N) is 1. The molecule has 0 bridgehead atoms. The normalized spacial score (nSPS) is 14.8. The summed E-state index contributed by atoms with van der Waals surface area (Å²) in [5.41, 5.74) is 3.33. The van der Waals surface area contributed by atoms with Crippen LogP contribution in [0.3, 0.4) is 0 Å². The highest BCUT2D eigenvalue weighted by atomic mass is 16.5. The maximum Gasteiger partial charge on any atom is 0.258 e. The first kappa shape index (κ1) is 19.4. The van der Waals surface area contributed by atoms with Crippen molar-refractivity contribution in [3.05, 3.63) is 75.7 Å². The Morgan fingerprint density at radius 3 is 2.62 bits per heavy atom. The van der Waals surface area contributed by atoms with Crippen LogP contribution in [0.1, 0.15) is 34.3 Å². The third-order valence-corrected chi connectivity index (χ3v) is 5.91. The second kappa shape index (κ2) is 8.21. The van der Waals surface area contributed by atoms with Gasteiger partial charge in [0.25, 0.3) is 11.5 Å². The van der Waals surface area contributed by atoms with Gasteiger partial charge in [-0.25, -0.2) is 0 Å². The number of aryl methyl sites for hydroxylation is 1.